The largest absolute Gasteiger partial charge is 0.511 e. The van der Waals surface area contributed by atoms with Crippen LogP contribution in [0, 0.1) is 11.5 Å². The fraction of sp³-hybridized carbons (Fsp3) is 0.188. The predicted octanol–water partition coefficient (Wildman–Crippen LogP) is 7.39. The molecule has 0 spiro atoms. The Hall–Kier alpha value is -3.93. The van der Waals surface area contributed by atoms with E-state index in [1.807, 2.05) is 69.3 Å². The number of para-hydroxylation sites is 1. The van der Waals surface area contributed by atoms with E-state index < -0.39 is 0 Å². The van der Waals surface area contributed by atoms with Crippen molar-refractivity contribution < 1.29 is 30.0 Å². The van der Waals surface area contributed by atoms with Gasteiger partial charge in [0.15, 0.2) is 0 Å². The molecular weight excluding hydrogens is 665 g/mol. The molecule has 6 rings (SSSR count). The maximum absolute atomic E-state index is 12.4. The second-order valence-electron chi connectivity index (χ2n) is 10.5. The number of hydrogen-bond acceptors (Lipinski definition) is 5. The summed E-state index contributed by atoms with van der Waals surface area (Å²) in [5, 5.41) is 20.4. The van der Waals surface area contributed by atoms with E-state index in [9.17, 15) is 9.90 Å². The number of aromatic nitrogens is 2. The third-order valence-corrected chi connectivity index (χ3v) is 6.27. The van der Waals surface area contributed by atoms with Crippen LogP contribution in [0.15, 0.2) is 102 Å². The van der Waals surface area contributed by atoms with Crippen molar-refractivity contribution in [1.82, 2.24) is 9.97 Å². The van der Waals surface area contributed by atoms with E-state index in [-0.39, 0.29) is 37.2 Å². The number of carbonyl (C=O) groups excluding carboxylic acids is 1. The first-order valence-electron chi connectivity index (χ1n) is 12.5. The van der Waals surface area contributed by atoms with E-state index >= 15 is 0 Å². The van der Waals surface area contributed by atoms with Crippen LogP contribution in [0.3, 0.4) is 0 Å². The zero-order valence-electron chi connectivity index (χ0n) is 22.3. The van der Waals surface area contributed by atoms with Crippen molar-refractivity contribution in [3.63, 3.8) is 0 Å². The van der Waals surface area contributed by atoms with Crippen LogP contribution >= 0.6 is 0 Å². The van der Waals surface area contributed by atoms with Crippen LogP contribution in [0.25, 0.3) is 32.6 Å². The van der Waals surface area contributed by atoms with Gasteiger partial charge in [-0.2, -0.15) is 10.1 Å². The first kappa shape index (κ1) is 28.1. The second-order valence-corrected chi connectivity index (χ2v) is 10.5. The van der Waals surface area contributed by atoms with Gasteiger partial charge in [0.25, 0.3) is 5.91 Å². The molecule has 0 saturated carbocycles. The third-order valence-electron chi connectivity index (χ3n) is 6.27. The Labute approximate surface area is 241 Å². The molecule has 1 N–H and O–H groups in total. The van der Waals surface area contributed by atoms with Crippen LogP contribution in [0.5, 0.6) is 0 Å². The Bertz CT molecular complexity index is 1500. The summed E-state index contributed by atoms with van der Waals surface area (Å²) in [6.07, 6.45) is 3.92. The number of hydrogen-bond donors (Lipinski definition) is 1. The summed E-state index contributed by atoms with van der Waals surface area (Å²) in [6.45, 7) is 7.80. The number of hydrazone groups is 1. The summed E-state index contributed by atoms with van der Waals surface area (Å²) in [4.78, 5) is 21.4. The molecule has 0 bridgehead atoms. The molecule has 4 aromatic carbocycles. The van der Waals surface area contributed by atoms with Crippen LogP contribution in [0.4, 0.5) is 5.69 Å². The smallest absolute Gasteiger partial charge is 0.284 e. The summed E-state index contributed by atoms with van der Waals surface area (Å²) >= 11 is 0. The van der Waals surface area contributed by atoms with Gasteiger partial charge in [0.05, 0.1) is 16.9 Å². The Morgan fingerprint density at radius 1 is 0.872 bits per heavy atom. The van der Waals surface area contributed by atoms with E-state index in [1.54, 1.807) is 19.3 Å². The fourth-order valence-corrected chi connectivity index (χ4v) is 4.67. The molecule has 1 aromatic heterocycles. The van der Waals surface area contributed by atoms with E-state index in [0.717, 1.165) is 21.8 Å². The molecule has 39 heavy (non-hydrogen) atoms. The maximum Gasteiger partial charge on any atom is 0.284 e. The van der Waals surface area contributed by atoms with Crippen molar-refractivity contribution in [2.45, 2.75) is 34.1 Å². The van der Waals surface area contributed by atoms with Crippen LogP contribution < -0.4 is 5.01 Å². The van der Waals surface area contributed by atoms with Gasteiger partial charge in [-0.1, -0.05) is 74.0 Å². The summed E-state index contributed by atoms with van der Waals surface area (Å²) in [5.74, 6) is -0.155. The van der Waals surface area contributed by atoms with Gasteiger partial charge in [0.2, 0.25) is 0 Å². The average molecular weight is 694 g/mol. The molecule has 5 aromatic rings. The minimum atomic E-state index is -0.268. The molecular formula is C32H29IrN4O2-. The topological polar surface area (TPSA) is 78.7 Å². The number of aliphatic hydroxyl groups excluding tert-OH is 1. The van der Waals surface area contributed by atoms with Crippen molar-refractivity contribution in [1.29, 1.82) is 0 Å². The number of anilines is 1. The molecule has 0 atom stereocenters. The first-order valence-corrected chi connectivity index (χ1v) is 12.5. The number of nitrogens with zero attached hydrogens (tertiary/aromatic N) is 4. The molecule has 2 heterocycles. The van der Waals surface area contributed by atoms with Gasteiger partial charge in [-0.15, -0.1) is 29.7 Å². The van der Waals surface area contributed by atoms with Gasteiger partial charge in [-0.25, -0.2) is 0 Å². The number of aliphatic hydroxyl groups is 1. The van der Waals surface area contributed by atoms with Crippen molar-refractivity contribution in [2.75, 3.05) is 5.01 Å². The SMILES string of the molecule is CC1=NN(c2ccccc2)C(=O)/C1=C(\O)CC(C)(C)C.[Ir].[c-]1cccc2c1c1nccnc1c1ccccc21. The molecule has 199 valence electrons. The number of fused-ring (bicyclic) bond motifs is 6. The van der Waals surface area contributed by atoms with Crippen molar-refractivity contribution in [2.24, 2.45) is 10.5 Å². The summed E-state index contributed by atoms with van der Waals surface area (Å²) < 4.78 is 0. The summed E-state index contributed by atoms with van der Waals surface area (Å²) in [6, 6.07) is 26.9. The normalized spacial score (nSPS) is 14.6. The Balaban J connectivity index is 0.000000177. The number of benzene rings is 4. The van der Waals surface area contributed by atoms with Crippen molar-refractivity contribution in [3.05, 3.63) is 103 Å². The standard InChI is InChI=1S/C16H20N2O2.C16H9N2.Ir/c1-11-14(13(19)10-16(2,3)4)15(20)18(17-11)12-8-6-5-7-9-12;1-3-7-13-11(5-1)12-6-2-4-8-14(12)16-15(13)17-9-10-18-16;/h5-9,19H,10H2,1-4H3;1-7,9-10H;/q;-1;/b14-13-;;. The van der Waals surface area contributed by atoms with Crippen LogP contribution in [-0.2, 0) is 24.9 Å². The van der Waals surface area contributed by atoms with Crippen LogP contribution in [-0.4, -0.2) is 26.7 Å². The van der Waals surface area contributed by atoms with Gasteiger partial charge in [-0.3, -0.25) is 9.78 Å². The van der Waals surface area contributed by atoms with Gasteiger partial charge in [0.1, 0.15) is 11.3 Å². The Kier molecular flexibility index (Phi) is 8.24. The summed E-state index contributed by atoms with van der Waals surface area (Å²) in [7, 11) is 0. The summed E-state index contributed by atoms with van der Waals surface area (Å²) in [5.41, 5.74) is 3.37. The van der Waals surface area contributed by atoms with Gasteiger partial charge >= 0.3 is 0 Å². The molecule has 0 fully saturated rings. The predicted molar refractivity (Wildman–Crippen MR) is 154 cm³/mol. The number of allylic oxidation sites excluding steroid dienone is 1. The molecule has 0 unspecified atom stereocenters. The van der Waals surface area contributed by atoms with Gasteiger partial charge in [0, 0.05) is 44.4 Å². The maximum atomic E-state index is 12.4. The van der Waals surface area contributed by atoms with E-state index in [1.165, 1.54) is 15.8 Å². The van der Waals surface area contributed by atoms with Crippen LogP contribution in [0.2, 0.25) is 0 Å². The van der Waals surface area contributed by atoms with Gasteiger partial charge in [-0.05, 0) is 29.9 Å². The number of rotatable bonds is 2. The number of amides is 1. The molecule has 0 saturated heterocycles. The zero-order valence-corrected chi connectivity index (χ0v) is 24.7. The zero-order chi connectivity index (χ0) is 26.9. The minimum Gasteiger partial charge on any atom is -0.511 e. The molecule has 1 radical (unpaired) electrons. The molecule has 7 heteroatoms. The Morgan fingerprint density at radius 3 is 2.18 bits per heavy atom. The van der Waals surface area contributed by atoms with E-state index in [0.29, 0.717) is 23.4 Å². The monoisotopic (exact) mass is 694 g/mol. The van der Waals surface area contributed by atoms with Crippen molar-refractivity contribution in [3.8, 4) is 0 Å². The molecule has 1 aliphatic rings. The quantitative estimate of drug-likeness (QED) is 0.0906. The van der Waals surface area contributed by atoms with E-state index in [4.69, 9.17) is 0 Å². The Morgan fingerprint density at radius 2 is 1.49 bits per heavy atom. The second kappa shape index (κ2) is 11.4. The number of carbonyl (C=O) groups is 1. The molecule has 6 nitrogen and oxygen atoms in total. The van der Waals surface area contributed by atoms with Crippen LogP contribution in [0.1, 0.15) is 34.1 Å². The van der Waals surface area contributed by atoms with Gasteiger partial charge < -0.3 is 10.1 Å². The average Bonchev–Trinajstić information content (AvgIpc) is 3.22. The molecule has 1 aliphatic heterocycles. The first-order chi connectivity index (χ1) is 18.2. The third kappa shape index (κ3) is 5.75. The fourth-order valence-electron chi connectivity index (χ4n) is 4.67. The van der Waals surface area contributed by atoms with E-state index in [2.05, 4.69) is 45.4 Å². The minimum absolute atomic E-state index is 0. The molecule has 1 amide bonds. The molecule has 0 aliphatic carbocycles. The van der Waals surface area contributed by atoms with Crippen molar-refractivity contribution >= 4 is 49.9 Å².